The first-order chi connectivity index (χ1) is 13.3. The number of hydrogen-bond acceptors (Lipinski definition) is 4. The number of benzene rings is 1. The van der Waals surface area contributed by atoms with Gasteiger partial charge < -0.3 is 24.6 Å². The number of aryl methyl sites for hydroxylation is 1. The van der Waals surface area contributed by atoms with E-state index in [0.29, 0.717) is 6.10 Å². The van der Waals surface area contributed by atoms with Crippen LogP contribution in [-0.4, -0.2) is 76.6 Å². The van der Waals surface area contributed by atoms with E-state index in [1.165, 1.54) is 11.3 Å². The van der Waals surface area contributed by atoms with Gasteiger partial charge in [0.15, 0.2) is 5.96 Å². The minimum absolute atomic E-state index is 0. The van der Waals surface area contributed by atoms with Crippen LogP contribution in [0, 0.1) is 6.92 Å². The topological polar surface area (TPSA) is 49.3 Å². The number of rotatable bonds is 6. The van der Waals surface area contributed by atoms with Gasteiger partial charge in [0.05, 0.1) is 6.10 Å². The van der Waals surface area contributed by atoms with Crippen molar-refractivity contribution in [1.29, 1.82) is 0 Å². The number of halogens is 1. The van der Waals surface area contributed by atoms with Gasteiger partial charge >= 0.3 is 0 Å². The van der Waals surface area contributed by atoms with Crippen LogP contribution in [0.2, 0.25) is 0 Å². The monoisotopic (exact) mass is 502 g/mol. The first-order valence-electron chi connectivity index (χ1n) is 10.2. The van der Waals surface area contributed by atoms with Crippen molar-refractivity contribution in [1.82, 2.24) is 10.2 Å². The molecule has 2 aliphatic heterocycles. The van der Waals surface area contributed by atoms with Crippen LogP contribution < -0.4 is 10.2 Å². The van der Waals surface area contributed by atoms with Gasteiger partial charge in [0.2, 0.25) is 0 Å². The van der Waals surface area contributed by atoms with Gasteiger partial charge in [-0.25, -0.2) is 0 Å². The molecular formula is C21H35IN4O2. The van der Waals surface area contributed by atoms with Gasteiger partial charge in [-0.2, -0.15) is 0 Å². The van der Waals surface area contributed by atoms with Crippen LogP contribution in [0.3, 0.4) is 0 Å². The Morgan fingerprint density at radius 1 is 1.21 bits per heavy atom. The predicted octanol–water partition coefficient (Wildman–Crippen LogP) is 2.90. The molecule has 0 radical (unpaired) electrons. The highest BCUT2D eigenvalue weighted by Crippen LogP contribution is 2.17. The molecule has 7 heteroatoms. The average molecular weight is 502 g/mol. The van der Waals surface area contributed by atoms with Crippen LogP contribution in [0.15, 0.2) is 29.3 Å². The molecule has 1 aromatic rings. The summed E-state index contributed by atoms with van der Waals surface area (Å²) < 4.78 is 11.3. The third kappa shape index (κ3) is 7.08. The third-order valence-electron chi connectivity index (χ3n) is 5.28. The number of aliphatic imine (C=N–C) groups is 1. The van der Waals surface area contributed by atoms with Crippen molar-refractivity contribution in [3.8, 4) is 0 Å². The van der Waals surface area contributed by atoms with Crippen LogP contribution in [-0.2, 0) is 9.47 Å². The van der Waals surface area contributed by atoms with Gasteiger partial charge in [-0.1, -0.05) is 12.1 Å². The van der Waals surface area contributed by atoms with Gasteiger partial charge in [0.1, 0.15) is 0 Å². The van der Waals surface area contributed by atoms with Crippen molar-refractivity contribution in [2.24, 2.45) is 4.99 Å². The van der Waals surface area contributed by atoms with E-state index in [-0.39, 0.29) is 24.0 Å². The lowest BCUT2D eigenvalue weighted by Gasteiger charge is -2.37. The zero-order valence-corrected chi connectivity index (χ0v) is 19.6. The van der Waals surface area contributed by atoms with Gasteiger partial charge in [0, 0.05) is 65.3 Å². The molecule has 2 fully saturated rings. The molecule has 0 spiro atoms. The van der Waals surface area contributed by atoms with Gasteiger partial charge in [-0.3, -0.25) is 4.99 Å². The lowest BCUT2D eigenvalue weighted by atomic mass is 10.1. The number of ether oxygens (including phenoxy) is 2. The Kier molecular flexibility index (Phi) is 10.4. The molecule has 0 unspecified atom stereocenters. The molecular weight excluding hydrogens is 467 g/mol. The van der Waals surface area contributed by atoms with Crippen LogP contribution in [0.1, 0.15) is 24.8 Å². The van der Waals surface area contributed by atoms with Crippen molar-refractivity contribution >= 4 is 35.6 Å². The summed E-state index contributed by atoms with van der Waals surface area (Å²) in [6.07, 6.45) is 3.44. The van der Waals surface area contributed by atoms with Crippen molar-refractivity contribution in [3.63, 3.8) is 0 Å². The highest BCUT2D eigenvalue weighted by molar-refractivity contribution is 14.0. The molecule has 0 amide bonds. The molecule has 2 aliphatic rings. The minimum Gasteiger partial charge on any atom is -0.381 e. The summed E-state index contributed by atoms with van der Waals surface area (Å²) in [5.74, 6) is 1.00. The maximum atomic E-state index is 5.94. The largest absolute Gasteiger partial charge is 0.381 e. The zero-order valence-electron chi connectivity index (χ0n) is 17.2. The Morgan fingerprint density at radius 3 is 2.64 bits per heavy atom. The molecule has 2 heterocycles. The highest BCUT2D eigenvalue weighted by Gasteiger charge is 2.20. The van der Waals surface area contributed by atoms with E-state index in [0.717, 1.165) is 77.8 Å². The summed E-state index contributed by atoms with van der Waals surface area (Å²) in [6.45, 7) is 9.56. The molecule has 0 atom stereocenters. The second kappa shape index (κ2) is 12.5. The molecule has 0 saturated carbocycles. The lowest BCUT2D eigenvalue weighted by molar-refractivity contribution is -0.0320. The predicted molar refractivity (Wildman–Crippen MR) is 126 cm³/mol. The van der Waals surface area contributed by atoms with Crippen LogP contribution in [0.5, 0.6) is 0 Å². The van der Waals surface area contributed by atoms with Crippen LogP contribution in [0.25, 0.3) is 0 Å². The average Bonchev–Trinajstić information content (AvgIpc) is 2.72. The van der Waals surface area contributed by atoms with Crippen molar-refractivity contribution in [2.45, 2.75) is 32.3 Å². The van der Waals surface area contributed by atoms with E-state index in [9.17, 15) is 0 Å². The second-order valence-corrected chi connectivity index (χ2v) is 7.32. The second-order valence-electron chi connectivity index (χ2n) is 7.32. The number of nitrogens with zero attached hydrogens (tertiary/aromatic N) is 3. The summed E-state index contributed by atoms with van der Waals surface area (Å²) in [6, 6.07) is 8.76. The highest BCUT2D eigenvalue weighted by atomic mass is 127. The lowest BCUT2D eigenvalue weighted by Crippen LogP contribution is -2.52. The quantitative estimate of drug-likeness (QED) is 0.281. The maximum Gasteiger partial charge on any atom is 0.193 e. The van der Waals surface area contributed by atoms with Crippen molar-refractivity contribution in [3.05, 3.63) is 29.8 Å². The standard InChI is InChI=1S/C21H34N4O2.HI/c1-18-5-3-6-19(17-18)24-10-12-25(13-11-24)21(22-2)23-9-4-14-27-20-7-15-26-16-8-20;/h3,5-6,17,20H,4,7-16H2,1-2H3,(H,22,23);1H. The fraction of sp³-hybridized carbons (Fsp3) is 0.667. The molecule has 1 aromatic carbocycles. The molecule has 0 bridgehead atoms. The van der Waals surface area contributed by atoms with E-state index in [4.69, 9.17) is 9.47 Å². The molecule has 1 N–H and O–H groups in total. The molecule has 3 rings (SSSR count). The summed E-state index contributed by atoms with van der Waals surface area (Å²) in [4.78, 5) is 9.28. The first-order valence-corrected chi connectivity index (χ1v) is 10.2. The smallest absolute Gasteiger partial charge is 0.193 e. The molecule has 6 nitrogen and oxygen atoms in total. The van der Waals surface area contributed by atoms with Crippen LogP contribution >= 0.6 is 24.0 Å². The fourth-order valence-corrected chi connectivity index (χ4v) is 3.70. The first kappa shape index (κ1) is 23.2. The molecule has 158 valence electrons. The fourth-order valence-electron chi connectivity index (χ4n) is 3.70. The SMILES string of the molecule is CN=C(NCCCOC1CCOCC1)N1CCN(c2cccc(C)c2)CC1.I. The third-order valence-corrected chi connectivity index (χ3v) is 5.28. The Labute approximate surface area is 186 Å². The zero-order chi connectivity index (χ0) is 18.9. The minimum atomic E-state index is 0. The number of hydrogen-bond donors (Lipinski definition) is 1. The number of piperazine rings is 1. The number of nitrogens with one attached hydrogen (secondary N) is 1. The van der Waals surface area contributed by atoms with E-state index in [2.05, 4.69) is 51.3 Å². The van der Waals surface area contributed by atoms with Gasteiger partial charge in [-0.05, 0) is 43.9 Å². The molecule has 2 saturated heterocycles. The maximum absolute atomic E-state index is 5.94. The summed E-state index contributed by atoms with van der Waals surface area (Å²) in [5.41, 5.74) is 2.64. The molecule has 28 heavy (non-hydrogen) atoms. The Bertz CT molecular complexity index is 600. The normalized spacial score (nSPS) is 18.7. The van der Waals surface area contributed by atoms with E-state index in [1.54, 1.807) is 0 Å². The number of guanidine groups is 1. The van der Waals surface area contributed by atoms with Gasteiger partial charge in [0.25, 0.3) is 0 Å². The Balaban J connectivity index is 0.00000280. The Hall–Kier alpha value is -1.06. The van der Waals surface area contributed by atoms with Gasteiger partial charge in [-0.15, -0.1) is 24.0 Å². The van der Waals surface area contributed by atoms with Crippen molar-refractivity contribution in [2.75, 3.05) is 64.5 Å². The molecule has 0 aliphatic carbocycles. The van der Waals surface area contributed by atoms with Crippen molar-refractivity contribution < 1.29 is 9.47 Å². The summed E-state index contributed by atoms with van der Waals surface area (Å²) in [5, 5.41) is 3.49. The number of anilines is 1. The van der Waals surface area contributed by atoms with E-state index < -0.39 is 0 Å². The Morgan fingerprint density at radius 2 is 1.96 bits per heavy atom. The van der Waals surface area contributed by atoms with E-state index in [1.807, 2.05) is 7.05 Å². The summed E-state index contributed by atoms with van der Waals surface area (Å²) >= 11 is 0. The van der Waals surface area contributed by atoms with Crippen LogP contribution in [0.4, 0.5) is 5.69 Å². The molecule has 0 aromatic heterocycles. The summed E-state index contributed by atoms with van der Waals surface area (Å²) in [7, 11) is 1.87. The van der Waals surface area contributed by atoms with E-state index >= 15 is 0 Å².